The van der Waals surface area contributed by atoms with Crippen LogP contribution >= 0.6 is 0 Å². The van der Waals surface area contributed by atoms with E-state index in [1.54, 1.807) is 0 Å². The molecule has 30 heavy (non-hydrogen) atoms. The number of aliphatic hydroxyl groups is 1. The van der Waals surface area contributed by atoms with Gasteiger partial charge in [0, 0.05) is 43.0 Å². The number of hydrogen-bond acceptors (Lipinski definition) is 4. The zero-order chi connectivity index (χ0) is 22.0. The van der Waals surface area contributed by atoms with Gasteiger partial charge in [-0.2, -0.15) is 0 Å². The van der Waals surface area contributed by atoms with Crippen molar-refractivity contribution in [2.75, 3.05) is 39.8 Å². The third-order valence-electron chi connectivity index (χ3n) is 5.60. The van der Waals surface area contributed by atoms with Gasteiger partial charge in [-0.15, -0.1) is 0 Å². The molecule has 5 N–H and O–H groups in total. The van der Waals surface area contributed by atoms with Gasteiger partial charge in [-0.3, -0.25) is 14.4 Å². The van der Waals surface area contributed by atoms with E-state index in [2.05, 4.69) is 17.7 Å². The fraction of sp³-hybridized carbons (Fsp3) is 0.591. The van der Waals surface area contributed by atoms with Crippen LogP contribution in [-0.4, -0.2) is 67.1 Å². The third kappa shape index (κ3) is 8.12. The van der Waals surface area contributed by atoms with E-state index in [1.807, 2.05) is 24.3 Å². The molecular weight excluding hydrogens is 384 g/mol. The predicted molar refractivity (Wildman–Crippen MR) is 114 cm³/mol. The van der Waals surface area contributed by atoms with Crippen molar-refractivity contribution in [3.05, 3.63) is 35.4 Å². The summed E-state index contributed by atoms with van der Waals surface area (Å²) in [7, 11) is 2.24. The number of primary amides is 1. The van der Waals surface area contributed by atoms with Crippen molar-refractivity contribution in [1.82, 2.24) is 10.6 Å². The average Bonchev–Trinajstić information content (AvgIpc) is 2.70. The normalized spacial score (nSPS) is 21.1. The van der Waals surface area contributed by atoms with Crippen LogP contribution in [-0.2, 0) is 16.1 Å². The summed E-state index contributed by atoms with van der Waals surface area (Å²) in [4.78, 5) is 34.7. The highest BCUT2D eigenvalue weighted by molar-refractivity contribution is 5.94. The molecule has 1 aliphatic heterocycles. The number of nitrogens with zero attached hydrogens (tertiary/aromatic N) is 1. The highest BCUT2D eigenvalue weighted by Crippen LogP contribution is 2.24. The van der Waals surface area contributed by atoms with Gasteiger partial charge in [0.15, 0.2) is 0 Å². The van der Waals surface area contributed by atoms with Gasteiger partial charge >= 0.3 is 0 Å². The SMILES string of the molecule is C[N+]1(Cc2ccc(C(=O)NCCO)cc2)CCCC(CNC(=O)CCCC(N)=O)C1. The van der Waals surface area contributed by atoms with Crippen LogP contribution in [0, 0.1) is 5.92 Å². The van der Waals surface area contributed by atoms with Crippen molar-refractivity contribution in [1.29, 1.82) is 0 Å². The number of quaternary nitrogens is 1. The van der Waals surface area contributed by atoms with Crippen molar-refractivity contribution in [2.45, 2.75) is 38.6 Å². The second-order valence-electron chi connectivity index (χ2n) is 8.49. The molecule has 2 rings (SSSR count). The van der Waals surface area contributed by atoms with E-state index in [4.69, 9.17) is 10.8 Å². The van der Waals surface area contributed by atoms with Crippen molar-refractivity contribution >= 4 is 17.7 Å². The topological polar surface area (TPSA) is 122 Å². The van der Waals surface area contributed by atoms with Gasteiger partial charge in [-0.1, -0.05) is 12.1 Å². The molecule has 1 heterocycles. The van der Waals surface area contributed by atoms with Crippen LogP contribution in [0.25, 0.3) is 0 Å². The van der Waals surface area contributed by atoms with E-state index in [0.717, 1.165) is 37.0 Å². The Bertz CT molecular complexity index is 722. The fourth-order valence-electron chi connectivity index (χ4n) is 4.12. The largest absolute Gasteiger partial charge is 0.395 e. The standard InChI is InChI=1S/C22H34N4O4/c1-26(15-17-7-9-19(10-8-17)22(30)24-11-13-27)12-3-4-18(16-26)14-25-21(29)6-2-5-20(23)28/h7-10,18,27H,2-6,11-16H2,1H3,(H3-,23,24,25,28,29,30)/p+1. The minimum atomic E-state index is -0.373. The molecule has 0 saturated carbocycles. The Kier molecular flexibility index (Phi) is 9.26. The molecule has 1 aromatic rings. The number of amides is 3. The Morgan fingerprint density at radius 3 is 2.57 bits per heavy atom. The first kappa shape index (κ1) is 23.8. The fourth-order valence-corrected chi connectivity index (χ4v) is 4.12. The minimum absolute atomic E-state index is 0.0221. The van der Waals surface area contributed by atoms with Gasteiger partial charge in [0.1, 0.15) is 6.54 Å². The van der Waals surface area contributed by atoms with E-state index >= 15 is 0 Å². The number of piperidine rings is 1. The molecule has 8 nitrogen and oxygen atoms in total. The number of hydrogen-bond donors (Lipinski definition) is 4. The van der Waals surface area contributed by atoms with Gasteiger partial charge < -0.3 is 26.0 Å². The molecule has 3 amide bonds. The average molecular weight is 420 g/mol. The number of carbonyl (C=O) groups excluding carboxylic acids is 3. The summed E-state index contributed by atoms with van der Waals surface area (Å²) in [6.45, 7) is 3.78. The quantitative estimate of drug-likeness (QED) is 0.391. The van der Waals surface area contributed by atoms with Crippen LogP contribution in [0.2, 0.25) is 0 Å². The molecule has 0 spiro atoms. The number of likely N-dealkylation sites (tertiary alicyclic amines) is 1. The number of aliphatic hydroxyl groups excluding tert-OH is 1. The van der Waals surface area contributed by atoms with Crippen molar-refractivity contribution < 1.29 is 24.0 Å². The second-order valence-corrected chi connectivity index (χ2v) is 8.49. The zero-order valence-corrected chi connectivity index (χ0v) is 17.9. The molecule has 8 heteroatoms. The third-order valence-corrected chi connectivity index (χ3v) is 5.60. The Balaban J connectivity index is 1.82. The number of benzene rings is 1. The smallest absolute Gasteiger partial charge is 0.251 e. The summed E-state index contributed by atoms with van der Waals surface area (Å²) in [5.74, 6) is -0.152. The van der Waals surface area contributed by atoms with E-state index in [0.29, 0.717) is 30.9 Å². The first-order valence-corrected chi connectivity index (χ1v) is 10.7. The van der Waals surface area contributed by atoms with E-state index < -0.39 is 0 Å². The second kappa shape index (κ2) is 11.7. The molecule has 0 aromatic heterocycles. The van der Waals surface area contributed by atoms with Crippen LogP contribution in [0.5, 0.6) is 0 Å². The Morgan fingerprint density at radius 1 is 1.17 bits per heavy atom. The maximum atomic E-state index is 12.0. The molecule has 2 atom stereocenters. The van der Waals surface area contributed by atoms with Crippen LogP contribution in [0.1, 0.15) is 48.0 Å². The zero-order valence-electron chi connectivity index (χ0n) is 17.9. The van der Waals surface area contributed by atoms with Gasteiger partial charge in [-0.05, 0) is 31.4 Å². The number of rotatable bonds is 11. The van der Waals surface area contributed by atoms with Crippen LogP contribution in [0.4, 0.5) is 0 Å². The maximum Gasteiger partial charge on any atom is 0.251 e. The molecule has 166 valence electrons. The lowest BCUT2D eigenvalue weighted by atomic mass is 9.95. The number of nitrogens with two attached hydrogens (primary N) is 1. The van der Waals surface area contributed by atoms with Gasteiger partial charge in [0.2, 0.25) is 11.8 Å². The van der Waals surface area contributed by atoms with E-state index in [1.165, 1.54) is 5.56 Å². The van der Waals surface area contributed by atoms with Crippen LogP contribution in [0.15, 0.2) is 24.3 Å². The lowest BCUT2D eigenvalue weighted by molar-refractivity contribution is -0.930. The van der Waals surface area contributed by atoms with E-state index in [9.17, 15) is 14.4 Å². The molecule has 1 aliphatic rings. The highest BCUT2D eigenvalue weighted by atomic mass is 16.3. The molecule has 0 bridgehead atoms. The summed E-state index contributed by atoms with van der Waals surface area (Å²) >= 11 is 0. The first-order valence-electron chi connectivity index (χ1n) is 10.7. The molecular formula is C22H35N4O4+. The molecule has 2 unspecified atom stereocenters. The number of carbonyl (C=O) groups is 3. The number of nitrogens with one attached hydrogen (secondary N) is 2. The van der Waals surface area contributed by atoms with Crippen molar-refractivity contribution in [3.63, 3.8) is 0 Å². The summed E-state index contributed by atoms with van der Waals surface area (Å²) in [5.41, 5.74) is 6.87. The maximum absolute atomic E-state index is 12.0. The van der Waals surface area contributed by atoms with Crippen molar-refractivity contribution in [3.8, 4) is 0 Å². The van der Waals surface area contributed by atoms with Crippen molar-refractivity contribution in [2.24, 2.45) is 11.7 Å². The molecule has 0 radical (unpaired) electrons. The molecule has 1 fully saturated rings. The predicted octanol–water partition coefficient (Wildman–Crippen LogP) is 0.537. The van der Waals surface area contributed by atoms with E-state index in [-0.39, 0.29) is 37.3 Å². The Morgan fingerprint density at radius 2 is 1.90 bits per heavy atom. The first-order chi connectivity index (χ1) is 14.3. The summed E-state index contributed by atoms with van der Waals surface area (Å²) in [6.07, 6.45) is 3.28. The van der Waals surface area contributed by atoms with Gasteiger partial charge in [0.05, 0.1) is 26.7 Å². The van der Waals surface area contributed by atoms with Crippen LogP contribution in [0.3, 0.4) is 0 Å². The molecule has 1 aromatic carbocycles. The minimum Gasteiger partial charge on any atom is -0.395 e. The summed E-state index contributed by atoms with van der Waals surface area (Å²) < 4.78 is 0.901. The lowest BCUT2D eigenvalue weighted by Gasteiger charge is -2.41. The monoisotopic (exact) mass is 419 g/mol. The lowest BCUT2D eigenvalue weighted by Crippen LogP contribution is -2.52. The van der Waals surface area contributed by atoms with Gasteiger partial charge in [0.25, 0.3) is 5.91 Å². The Hall–Kier alpha value is -2.45. The highest BCUT2D eigenvalue weighted by Gasteiger charge is 2.31. The molecule has 1 saturated heterocycles. The Labute approximate surface area is 178 Å². The summed E-state index contributed by atoms with van der Waals surface area (Å²) in [5, 5.41) is 14.5. The molecule has 0 aliphatic carbocycles. The summed E-state index contributed by atoms with van der Waals surface area (Å²) in [6, 6.07) is 7.62. The van der Waals surface area contributed by atoms with Crippen LogP contribution < -0.4 is 16.4 Å². The van der Waals surface area contributed by atoms with Gasteiger partial charge in [-0.25, -0.2) is 0 Å².